The molecule has 0 saturated heterocycles. The maximum atomic E-state index is 11.8. The summed E-state index contributed by atoms with van der Waals surface area (Å²) < 4.78 is 5.31. The van der Waals surface area contributed by atoms with Gasteiger partial charge in [-0.3, -0.25) is 4.79 Å². The topological polar surface area (TPSA) is 26.3 Å². The first kappa shape index (κ1) is 24.0. The summed E-state index contributed by atoms with van der Waals surface area (Å²) >= 11 is 5.84. The van der Waals surface area contributed by atoms with Crippen molar-refractivity contribution in [2.75, 3.05) is 6.61 Å². The Kier molecular flexibility index (Phi) is 15.2. The molecule has 0 heterocycles. The minimum absolute atomic E-state index is 0.146. The van der Waals surface area contributed by atoms with E-state index in [0.29, 0.717) is 18.1 Å². The van der Waals surface area contributed by atoms with Crippen LogP contribution in [0.3, 0.4) is 0 Å². The Morgan fingerprint density at radius 3 is 1.67 bits per heavy atom. The van der Waals surface area contributed by atoms with Crippen LogP contribution in [-0.2, 0) is 16.0 Å². The molecule has 0 aliphatic carbocycles. The van der Waals surface area contributed by atoms with E-state index in [0.717, 1.165) is 18.4 Å². The van der Waals surface area contributed by atoms with Crippen LogP contribution in [0.5, 0.6) is 0 Å². The first-order chi connectivity index (χ1) is 13.2. The molecule has 0 spiro atoms. The molecule has 0 bridgehead atoms. The van der Waals surface area contributed by atoms with Crippen LogP contribution in [0.1, 0.15) is 102 Å². The third-order valence-corrected chi connectivity index (χ3v) is 5.27. The fraction of sp³-hybridized carbons (Fsp3) is 0.708. The largest absolute Gasteiger partial charge is 0.465 e. The lowest BCUT2D eigenvalue weighted by molar-refractivity contribution is -0.142. The average molecular weight is 395 g/mol. The Labute approximate surface area is 172 Å². The highest BCUT2D eigenvalue weighted by molar-refractivity contribution is 6.30. The monoisotopic (exact) mass is 394 g/mol. The highest BCUT2D eigenvalue weighted by Crippen LogP contribution is 2.13. The van der Waals surface area contributed by atoms with Gasteiger partial charge in [-0.1, -0.05) is 114 Å². The molecule has 0 aliphatic rings. The lowest BCUT2D eigenvalue weighted by Gasteiger charge is -2.06. The van der Waals surface area contributed by atoms with Crippen LogP contribution in [-0.4, -0.2) is 12.6 Å². The number of hydrogen-bond acceptors (Lipinski definition) is 2. The number of esters is 1. The van der Waals surface area contributed by atoms with E-state index in [2.05, 4.69) is 6.92 Å². The van der Waals surface area contributed by atoms with Gasteiger partial charge >= 0.3 is 5.97 Å². The number of carbonyl (C=O) groups is 1. The maximum absolute atomic E-state index is 11.8. The Morgan fingerprint density at radius 2 is 1.19 bits per heavy atom. The molecule has 1 aromatic carbocycles. The fourth-order valence-corrected chi connectivity index (χ4v) is 3.43. The molecule has 1 aromatic rings. The van der Waals surface area contributed by atoms with Crippen LogP contribution >= 0.6 is 11.6 Å². The van der Waals surface area contributed by atoms with E-state index in [1.807, 2.05) is 12.1 Å². The molecule has 0 fully saturated rings. The summed E-state index contributed by atoms with van der Waals surface area (Å²) in [4.78, 5) is 11.8. The molecule has 0 aromatic heterocycles. The van der Waals surface area contributed by atoms with Crippen molar-refractivity contribution < 1.29 is 9.53 Å². The van der Waals surface area contributed by atoms with Crippen molar-refractivity contribution in [2.45, 2.75) is 103 Å². The SMILES string of the molecule is CCCCCCCCCCCCCCCCOC(=O)Cc1ccc(Cl)cc1. The second kappa shape index (κ2) is 17.1. The molecule has 154 valence electrons. The number of carbonyl (C=O) groups excluding carboxylic acids is 1. The highest BCUT2D eigenvalue weighted by Gasteiger charge is 2.04. The molecule has 0 saturated carbocycles. The van der Waals surface area contributed by atoms with Gasteiger partial charge in [0.25, 0.3) is 0 Å². The van der Waals surface area contributed by atoms with Gasteiger partial charge in [-0.05, 0) is 24.1 Å². The van der Waals surface area contributed by atoms with Crippen LogP contribution in [0, 0.1) is 0 Å². The Morgan fingerprint density at radius 1 is 0.741 bits per heavy atom. The van der Waals surface area contributed by atoms with Gasteiger partial charge in [0.05, 0.1) is 13.0 Å². The summed E-state index contributed by atoms with van der Waals surface area (Å²) in [6, 6.07) is 7.35. The molecule has 0 radical (unpaired) electrons. The van der Waals surface area contributed by atoms with Crippen molar-refractivity contribution >= 4 is 17.6 Å². The zero-order chi connectivity index (χ0) is 19.6. The van der Waals surface area contributed by atoms with Crippen molar-refractivity contribution in [1.82, 2.24) is 0 Å². The van der Waals surface area contributed by atoms with E-state index in [-0.39, 0.29) is 5.97 Å². The number of hydrogen-bond donors (Lipinski definition) is 0. The van der Waals surface area contributed by atoms with Gasteiger partial charge in [0, 0.05) is 5.02 Å². The second-order valence-corrected chi connectivity index (χ2v) is 8.06. The molecule has 0 N–H and O–H groups in total. The van der Waals surface area contributed by atoms with Crippen LogP contribution in [0.15, 0.2) is 24.3 Å². The van der Waals surface area contributed by atoms with Gasteiger partial charge in [0.15, 0.2) is 0 Å². The predicted octanol–water partition coefficient (Wildman–Crippen LogP) is 7.91. The van der Waals surface area contributed by atoms with Gasteiger partial charge in [0.1, 0.15) is 0 Å². The smallest absolute Gasteiger partial charge is 0.310 e. The number of unbranched alkanes of at least 4 members (excludes halogenated alkanes) is 13. The van der Waals surface area contributed by atoms with Crippen LogP contribution in [0.2, 0.25) is 5.02 Å². The van der Waals surface area contributed by atoms with Gasteiger partial charge in [0.2, 0.25) is 0 Å². The highest BCUT2D eigenvalue weighted by atomic mass is 35.5. The number of benzene rings is 1. The minimum Gasteiger partial charge on any atom is -0.465 e. The van der Waals surface area contributed by atoms with Crippen molar-refractivity contribution in [1.29, 1.82) is 0 Å². The standard InChI is InChI=1S/C24H39ClO2/c1-2-3-4-5-6-7-8-9-10-11-12-13-14-15-20-27-24(26)21-22-16-18-23(25)19-17-22/h16-19H,2-15,20-21H2,1H3. The fourth-order valence-electron chi connectivity index (χ4n) is 3.30. The number of halogens is 1. The third-order valence-electron chi connectivity index (χ3n) is 5.02. The zero-order valence-electron chi connectivity index (χ0n) is 17.3. The van der Waals surface area contributed by atoms with Crippen LogP contribution in [0.25, 0.3) is 0 Å². The van der Waals surface area contributed by atoms with E-state index in [4.69, 9.17) is 16.3 Å². The van der Waals surface area contributed by atoms with Crippen molar-refractivity contribution in [3.8, 4) is 0 Å². The molecule has 1 rings (SSSR count). The summed E-state index contributed by atoms with van der Waals surface area (Å²) in [5.41, 5.74) is 0.949. The van der Waals surface area contributed by atoms with Gasteiger partial charge in [-0.2, -0.15) is 0 Å². The molecule has 27 heavy (non-hydrogen) atoms. The van der Waals surface area contributed by atoms with Crippen LogP contribution < -0.4 is 0 Å². The molecule has 0 atom stereocenters. The third kappa shape index (κ3) is 14.7. The molecule has 0 aliphatic heterocycles. The quantitative estimate of drug-likeness (QED) is 0.198. The first-order valence-electron chi connectivity index (χ1n) is 11.1. The summed E-state index contributed by atoms with van der Waals surface area (Å²) in [6.07, 6.45) is 19.0. The first-order valence-corrected chi connectivity index (χ1v) is 11.5. The normalized spacial score (nSPS) is 10.9. The van der Waals surface area contributed by atoms with Gasteiger partial charge in [-0.25, -0.2) is 0 Å². The van der Waals surface area contributed by atoms with E-state index >= 15 is 0 Å². The van der Waals surface area contributed by atoms with Crippen molar-refractivity contribution in [3.05, 3.63) is 34.9 Å². The summed E-state index contributed by atoms with van der Waals surface area (Å²) in [5.74, 6) is -0.146. The van der Waals surface area contributed by atoms with Crippen molar-refractivity contribution in [2.24, 2.45) is 0 Å². The Hall–Kier alpha value is -1.02. The maximum Gasteiger partial charge on any atom is 0.310 e. The van der Waals surface area contributed by atoms with Crippen molar-refractivity contribution in [3.63, 3.8) is 0 Å². The molecule has 3 heteroatoms. The Balaban J connectivity index is 1.81. The van der Waals surface area contributed by atoms with Crippen LogP contribution in [0.4, 0.5) is 0 Å². The van der Waals surface area contributed by atoms with E-state index in [9.17, 15) is 4.79 Å². The molecule has 2 nitrogen and oxygen atoms in total. The summed E-state index contributed by atoms with van der Waals surface area (Å²) in [6.45, 7) is 2.82. The molecular weight excluding hydrogens is 356 g/mol. The molecular formula is C24H39ClO2. The summed E-state index contributed by atoms with van der Waals surface area (Å²) in [7, 11) is 0. The zero-order valence-corrected chi connectivity index (χ0v) is 18.1. The molecule has 0 unspecified atom stereocenters. The van der Waals surface area contributed by atoms with Gasteiger partial charge in [-0.15, -0.1) is 0 Å². The Bertz CT molecular complexity index is 470. The van der Waals surface area contributed by atoms with E-state index in [1.165, 1.54) is 77.0 Å². The number of ether oxygens (including phenoxy) is 1. The second-order valence-electron chi connectivity index (χ2n) is 7.62. The van der Waals surface area contributed by atoms with Gasteiger partial charge < -0.3 is 4.74 Å². The van der Waals surface area contributed by atoms with E-state index < -0.39 is 0 Å². The lowest BCUT2D eigenvalue weighted by Crippen LogP contribution is -2.09. The predicted molar refractivity (Wildman–Crippen MR) is 116 cm³/mol. The number of rotatable bonds is 17. The lowest BCUT2D eigenvalue weighted by atomic mass is 10.0. The summed E-state index contributed by atoms with van der Waals surface area (Å²) in [5, 5.41) is 0.689. The van der Waals surface area contributed by atoms with E-state index in [1.54, 1.807) is 12.1 Å². The minimum atomic E-state index is -0.146. The molecule has 0 amide bonds. The average Bonchev–Trinajstić information content (AvgIpc) is 2.66.